The van der Waals surface area contributed by atoms with Crippen molar-refractivity contribution in [2.24, 2.45) is 0 Å². The predicted molar refractivity (Wildman–Crippen MR) is 97.6 cm³/mol. The van der Waals surface area contributed by atoms with E-state index in [1.54, 1.807) is 0 Å². The van der Waals surface area contributed by atoms with Crippen molar-refractivity contribution >= 4 is 5.97 Å². The van der Waals surface area contributed by atoms with E-state index < -0.39 is 0 Å². The Morgan fingerprint density at radius 1 is 1.04 bits per heavy atom. The zero-order valence-corrected chi connectivity index (χ0v) is 17.4. The highest BCUT2D eigenvalue weighted by Crippen LogP contribution is 2.10. The first kappa shape index (κ1) is 23.9. The lowest BCUT2D eigenvalue weighted by Gasteiger charge is -2.03. The SMILES string of the molecule is C=CC(=O)OCCCCCCCCCCCC[n+]1ccn(CC)c1.[Br-]. The molecular weight excluding hydrogens is 380 g/mol. The van der Waals surface area contributed by atoms with Crippen molar-refractivity contribution in [1.29, 1.82) is 0 Å². The molecule has 5 heteroatoms. The summed E-state index contributed by atoms with van der Waals surface area (Å²) in [5, 5.41) is 0. The van der Waals surface area contributed by atoms with E-state index in [1.165, 1.54) is 57.4 Å². The molecule has 4 nitrogen and oxygen atoms in total. The van der Waals surface area contributed by atoms with Crippen molar-refractivity contribution in [2.45, 2.75) is 84.2 Å². The molecule has 0 radical (unpaired) electrons. The Kier molecular flexibility index (Phi) is 15.7. The van der Waals surface area contributed by atoms with Crippen molar-refractivity contribution in [3.05, 3.63) is 31.4 Å². The summed E-state index contributed by atoms with van der Waals surface area (Å²) in [6, 6.07) is 0. The lowest BCUT2D eigenvalue weighted by atomic mass is 10.1. The molecule has 25 heavy (non-hydrogen) atoms. The lowest BCUT2D eigenvalue weighted by Crippen LogP contribution is -3.00. The fraction of sp³-hybridized carbons (Fsp3) is 0.700. The second-order valence-corrected chi connectivity index (χ2v) is 6.39. The average molecular weight is 415 g/mol. The van der Waals surface area contributed by atoms with Gasteiger partial charge in [-0.15, -0.1) is 0 Å². The number of halogens is 1. The van der Waals surface area contributed by atoms with Crippen LogP contribution in [0.1, 0.15) is 71.1 Å². The first-order valence-corrected chi connectivity index (χ1v) is 9.60. The number of carbonyl (C=O) groups is 1. The highest BCUT2D eigenvalue weighted by atomic mass is 79.9. The molecule has 1 aromatic heterocycles. The van der Waals surface area contributed by atoms with Crippen LogP contribution < -0.4 is 21.5 Å². The molecule has 0 N–H and O–H groups in total. The molecule has 1 heterocycles. The van der Waals surface area contributed by atoms with Gasteiger partial charge in [-0.3, -0.25) is 0 Å². The van der Waals surface area contributed by atoms with E-state index in [2.05, 4.69) is 41.4 Å². The third-order valence-electron chi connectivity index (χ3n) is 4.33. The molecule has 0 saturated carbocycles. The van der Waals surface area contributed by atoms with Gasteiger partial charge in [0.2, 0.25) is 6.33 Å². The second kappa shape index (κ2) is 16.4. The summed E-state index contributed by atoms with van der Waals surface area (Å²) in [5.74, 6) is -0.309. The first-order chi connectivity index (χ1) is 11.8. The molecule has 0 saturated heterocycles. The number of aromatic nitrogens is 2. The van der Waals surface area contributed by atoms with Gasteiger partial charge < -0.3 is 21.7 Å². The van der Waals surface area contributed by atoms with Gasteiger partial charge in [0.25, 0.3) is 0 Å². The maximum Gasteiger partial charge on any atom is 0.330 e. The molecule has 0 aliphatic heterocycles. The number of nitrogens with zero attached hydrogens (tertiary/aromatic N) is 2. The zero-order valence-electron chi connectivity index (χ0n) is 15.8. The van der Waals surface area contributed by atoms with Crippen LogP contribution >= 0.6 is 0 Å². The van der Waals surface area contributed by atoms with Crippen molar-refractivity contribution in [1.82, 2.24) is 4.57 Å². The lowest BCUT2D eigenvalue weighted by molar-refractivity contribution is -0.696. The Labute approximate surface area is 164 Å². The van der Waals surface area contributed by atoms with Gasteiger partial charge in [-0.05, 0) is 26.2 Å². The van der Waals surface area contributed by atoms with Gasteiger partial charge in [0.15, 0.2) is 0 Å². The smallest absolute Gasteiger partial charge is 0.330 e. The third kappa shape index (κ3) is 12.9. The Balaban J connectivity index is 0.00000576. The minimum absolute atomic E-state index is 0. The number of carbonyl (C=O) groups excluding carboxylic acids is 1. The minimum Gasteiger partial charge on any atom is -1.00 e. The summed E-state index contributed by atoms with van der Waals surface area (Å²) in [6.07, 6.45) is 20.4. The first-order valence-electron chi connectivity index (χ1n) is 9.60. The van der Waals surface area contributed by atoms with E-state index in [1.807, 2.05) is 0 Å². The average Bonchev–Trinajstić information content (AvgIpc) is 3.06. The van der Waals surface area contributed by atoms with Crippen molar-refractivity contribution in [3.8, 4) is 0 Å². The van der Waals surface area contributed by atoms with Gasteiger partial charge >= 0.3 is 5.97 Å². The number of unbranched alkanes of at least 4 members (excludes halogenated alkanes) is 9. The summed E-state index contributed by atoms with van der Waals surface area (Å²) in [5.41, 5.74) is 0. The van der Waals surface area contributed by atoms with E-state index in [-0.39, 0.29) is 23.0 Å². The summed E-state index contributed by atoms with van der Waals surface area (Å²) in [4.78, 5) is 10.8. The normalized spacial score (nSPS) is 10.3. The van der Waals surface area contributed by atoms with Gasteiger partial charge in [0.1, 0.15) is 12.4 Å². The maximum atomic E-state index is 10.8. The van der Waals surface area contributed by atoms with Crippen LogP contribution in [-0.4, -0.2) is 17.1 Å². The van der Waals surface area contributed by atoms with E-state index in [0.717, 1.165) is 25.9 Å². The van der Waals surface area contributed by atoms with E-state index in [9.17, 15) is 4.79 Å². The third-order valence-corrected chi connectivity index (χ3v) is 4.33. The van der Waals surface area contributed by atoms with Crippen LogP contribution in [0.2, 0.25) is 0 Å². The van der Waals surface area contributed by atoms with Crippen LogP contribution in [0.3, 0.4) is 0 Å². The minimum atomic E-state index is -0.309. The van der Waals surface area contributed by atoms with Crippen LogP contribution in [0.15, 0.2) is 31.4 Å². The Bertz CT molecular complexity index is 460. The van der Waals surface area contributed by atoms with Crippen LogP contribution in [-0.2, 0) is 22.6 Å². The zero-order chi connectivity index (χ0) is 17.5. The number of hydrogen-bond acceptors (Lipinski definition) is 2. The number of ether oxygens (including phenoxy) is 1. The van der Waals surface area contributed by atoms with Crippen molar-refractivity contribution < 1.29 is 31.1 Å². The van der Waals surface area contributed by atoms with Gasteiger partial charge in [-0.1, -0.05) is 51.5 Å². The van der Waals surface area contributed by atoms with Gasteiger partial charge in [-0.2, -0.15) is 0 Å². The summed E-state index contributed by atoms with van der Waals surface area (Å²) >= 11 is 0. The van der Waals surface area contributed by atoms with Gasteiger partial charge in [0, 0.05) is 6.08 Å². The summed E-state index contributed by atoms with van der Waals surface area (Å²) in [7, 11) is 0. The molecule has 0 aliphatic carbocycles. The molecule has 1 aromatic rings. The van der Waals surface area contributed by atoms with E-state index in [4.69, 9.17) is 4.74 Å². The van der Waals surface area contributed by atoms with Crippen LogP contribution in [0, 0.1) is 0 Å². The van der Waals surface area contributed by atoms with Crippen LogP contribution in [0.25, 0.3) is 0 Å². The Hall–Kier alpha value is -1.10. The van der Waals surface area contributed by atoms with Gasteiger partial charge in [0.05, 0.1) is 19.7 Å². The van der Waals surface area contributed by atoms with Crippen LogP contribution in [0.5, 0.6) is 0 Å². The second-order valence-electron chi connectivity index (χ2n) is 6.39. The Morgan fingerprint density at radius 2 is 1.60 bits per heavy atom. The quantitative estimate of drug-likeness (QED) is 0.188. The molecule has 0 bridgehead atoms. The number of hydrogen-bond donors (Lipinski definition) is 0. The number of esters is 1. The van der Waals surface area contributed by atoms with Crippen molar-refractivity contribution in [2.75, 3.05) is 6.61 Å². The fourth-order valence-electron chi connectivity index (χ4n) is 2.80. The molecular formula is C20H35BrN2O2. The molecule has 144 valence electrons. The molecule has 0 atom stereocenters. The highest BCUT2D eigenvalue weighted by molar-refractivity contribution is 5.81. The Morgan fingerprint density at radius 3 is 2.12 bits per heavy atom. The number of imidazole rings is 1. The van der Waals surface area contributed by atoms with E-state index >= 15 is 0 Å². The standard InChI is InChI=1S/C20H35N2O2.BrH/c1-3-20(23)24-18-14-12-10-8-6-5-7-9-11-13-15-22-17-16-21(4-2)19-22;/h3,16-17,19H,1,4-15,18H2,2H3;1H/q+1;/p-1. The number of rotatable bonds is 15. The van der Waals surface area contributed by atoms with E-state index in [0.29, 0.717) is 6.61 Å². The molecule has 0 spiro atoms. The molecule has 0 aromatic carbocycles. The topological polar surface area (TPSA) is 35.1 Å². The fourth-order valence-corrected chi connectivity index (χ4v) is 2.80. The highest BCUT2D eigenvalue weighted by Gasteiger charge is 2.01. The van der Waals surface area contributed by atoms with Crippen molar-refractivity contribution in [3.63, 3.8) is 0 Å². The van der Waals surface area contributed by atoms with Crippen LogP contribution in [0.4, 0.5) is 0 Å². The monoisotopic (exact) mass is 414 g/mol. The number of aryl methyl sites for hydroxylation is 2. The summed E-state index contributed by atoms with van der Waals surface area (Å²) in [6.45, 7) is 8.27. The van der Waals surface area contributed by atoms with Gasteiger partial charge in [-0.25, -0.2) is 13.9 Å². The molecule has 0 amide bonds. The predicted octanol–water partition coefficient (Wildman–Crippen LogP) is 1.43. The molecule has 1 rings (SSSR count). The summed E-state index contributed by atoms with van der Waals surface area (Å²) < 4.78 is 9.45. The largest absolute Gasteiger partial charge is 1.00 e. The molecule has 0 unspecified atom stereocenters. The maximum absolute atomic E-state index is 10.8. The molecule has 0 fully saturated rings. The molecule has 0 aliphatic rings.